The molecule has 12 heteroatoms. The van der Waals surface area contributed by atoms with Crippen LogP contribution in [0.5, 0.6) is 0 Å². The Morgan fingerprint density at radius 3 is 2.97 bits per heavy atom. The molecule has 29 heavy (non-hydrogen) atoms. The summed E-state index contributed by atoms with van der Waals surface area (Å²) in [5, 5.41) is 11.5. The van der Waals surface area contributed by atoms with E-state index in [0.717, 1.165) is 0 Å². The van der Waals surface area contributed by atoms with Crippen LogP contribution < -0.4 is 10.2 Å². The van der Waals surface area contributed by atoms with Gasteiger partial charge in [-0.3, -0.25) is 13.9 Å². The lowest BCUT2D eigenvalue weighted by molar-refractivity contribution is -0.119. The van der Waals surface area contributed by atoms with E-state index in [2.05, 4.69) is 15.5 Å². The summed E-state index contributed by atoms with van der Waals surface area (Å²) in [6, 6.07) is 4.32. The number of benzene rings is 1. The fourth-order valence-electron chi connectivity index (χ4n) is 2.75. The first-order valence-electron chi connectivity index (χ1n) is 8.74. The number of aryl methyl sites for hydroxylation is 1. The summed E-state index contributed by atoms with van der Waals surface area (Å²) in [5.41, 5.74) is 0.580. The van der Waals surface area contributed by atoms with Gasteiger partial charge in [0.1, 0.15) is 16.9 Å². The second-order valence-corrected chi connectivity index (χ2v) is 8.41. The summed E-state index contributed by atoms with van der Waals surface area (Å²) >= 11 is -0.911. The molecule has 9 nitrogen and oxygen atoms in total. The Labute approximate surface area is 172 Å². The molecule has 2 aromatic rings. The lowest BCUT2D eigenvalue weighted by Gasteiger charge is -2.14. The zero-order valence-corrected chi connectivity index (χ0v) is 17.1. The van der Waals surface area contributed by atoms with Crippen LogP contribution in [0, 0.1) is 5.82 Å². The number of nitrogens with zero attached hydrogens (tertiary/aromatic N) is 3. The summed E-state index contributed by atoms with van der Waals surface area (Å²) in [7, 11) is 0. The molecule has 1 aromatic carbocycles. The summed E-state index contributed by atoms with van der Waals surface area (Å²) in [5.74, 6) is -0.760. The second kappa shape index (κ2) is 9.37. The number of ether oxygens (including phenoxy) is 1. The molecule has 2 unspecified atom stereocenters. The van der Waals surface area contributed by atoms with Crippen LogP contribution in [0.15, 0.2) is 18.2 Å². The number of aromatic nitrogens is 2. The van der Waals surface area contributed by atoms with Gasteiger partial charge in [0, 0.05) is 24.7 Å². The van der Waals surface area contributed by atoms with E-state index in [-0.39, 0.29) is 30.3 Å². The molecule has 0 bridgehead atoms. The predicted molar refractivity (Wildman–Crippen MR) is 104 cm³/mol. The Hall–Kier alpha value is -2.44. The maximum Gasteiger partial charge on any atom is 0.414 e. The molecule has 156 valence electrons. The minimum atomic E-state index is -2.10. The van der Waals surface area contributed by atoms with Crippen molar-refractivity contribution in [3.63, 3.8) is 0 Å². The van der Waals surface area contributed by atoms with Crippen LogP contribution in [0.2, 0.25) is 0 Å². The normalized spacial score (nSPS) is 17.3. The molecule has 1 saturated heterocycles. The molecule has 2 atom stereocenters. The summed E-state index contributed by atoms with van der Waals surface area (Å²) in [6.45, 7) is 1.75. The van der Waals surface area contributed by atoms with Gasteiger partial charge in [0.05, 0.1) is 18.8 Å². The second-order valence-electron chi connectivity index (χ2n) is 6.33. The highest BCUT2D eigenvalue weighted by molar-refractivity contribution is 7.79. The molecule has 1 N–H and O–H groups in total. The highest BCUT2D eigenvalue weighted by Gasteiger charge is 2.32. The number of anilines is 1. The first kappa shape index (κ1) is 21.3. The zero-order chi connectivity index (χ0) is 21.0. The fourth-order valence-corrected chi connectivity index (χ4v) is 4.03. The number of carbonyl (C=O) groups is 2. The van der Waals surface area contributed by atoms with Crippen molar-refractivity contribution in [3.05, 3.63) is 29.0 Å². The van der Waals surface area contributed by atoms with E-state index >= 15 is 0 Å². The molecule has 0 spiro atoms. The van der Waals surface area contributed by atoms with Crippen LogP contribution in [0.3, 0.4) is 0 Å². The Kier molecular flexibility index (Phi) is 6.87. The molecule has 1 fully saturated rings. The molecule has 3 rings (SSSR count). The van der Waals surface area contributed by atoms with Crippen LogP contribution in [0.1, 0.15) is 18.4 Å². The lowest BCUT2D eigenvalue weighted by Crippen LogP contribution is -2.33. The van der Waals surface area contributed by atoms with Crippen molar-refractivity contribution in [3.8, 4) is 10.6 Å². The molecule has 1 aliphatic rings. The Bertz CT molecular complexity index is 938. The van der Waals surface area contributed by atoms with Crippen LogP contribution in [-0.2, 0) is 27.0 Å². The first-order valence-corrected chi connectivity index (χ1v) is 10.8. The van der Waals surface area contributed by atoms with E-state index in [1.165, 1.54) is 35.3 Å². The van der Waals surface area contributed by atoms with E-state index in [1.54, 1.807) is 6.07 Å². The van der Waals surface area contributed by atoms with Gasteiger partial charge in [-0.25, -0.2) is 9.18 Å². The Morgan fingerprint density at radius 1 is 1.48 bits per heavy atom. The van der Waals surface area contributed by atoms with Crippen molar-refractivity contribution in [2.75, 3.05) is 23.7 Å². The smallest absolute Gasteiger partial charge is 0.414 e. The lowest BCUT2D eigenvalue weighted by atomic mass is 10.2. The summed E-state index contributed by atoms with van der Waals surface area (Å²) in [4.78, 5) is 24.3. The predicted octanol–water partition coefficient (Wildman–Crippen LogP) is 1.62. The summed E-state index contributed by atoms with van der Waals surface area (Å²) in [6.07, 6.45) is -0.256. The van der Waals surface area contributed by atoms with E-state index in [1.807, 2.05) is 0 Å². The maximum absolute atomic E-state index is 14.7. The molecule has 2 heterocycles. The Balaban J connectivity index is 1.67. The van der Waals surface area contributed by atoms with Crippen molar-refractivity contribution in [2.24, 2.45) is 0 Å². The number of rotatable bonds is 8. The van der Waals surface area contributed by atoms with Crippen molar-refractivity contribution in [2.45, 2.75) is 25.9 Å². The molecule has 1 aromatic heterocycles. The minimum absolute atomic E-state index is 0.0346. The van der Waals surface area contributed by atoms with Crippen molar-refractivity contribution in [1.82, 2.24) is 15.5 Å². The topological polar surface area (TPSA) is 125 Å². The number of amides is 2. The van der Waals surface area contributed by atoms with Crippen LogP contribution in [-0.4, -0.2) is 55.9 Å². The van der Waals surface area contributed by atoms with Crippen LogP contribution in [0.25, 0.3) is 10.6 Å². The van der Waals surface area contributed by atoms with E-state index in [4.69, 9.17) is 4.74 Å². The van der Waals surface area contributed by atoms with E-state index in [9.17, 15) is 22.7 Å². The van der Waals surface area contributed by atoms with Crippen molar-refractivity contribution < 1.29 is 27.5 Å². The van der Waals surface area contributed by atoms with Gasteiger partial charge in [0.25, 0.3) is 0 Å². The summed E-state index contributed by atoms with van der Waals surface area (Å²) < 4.78 is 41.0. The Morgan fingerprint density at radius 2 is 2.28 bits per heavy atom. The minimum Gasteiger partial charge on any atom is -0.772 e. The first-order chi connectivity index (χ1) is 13.8. The number of cyclic esters (lactones) is 1. The molecule has 0 radical (unpaired) electrons. The number of halogens is 1. The average molecular weight is 441 g/mol. The molecular weight excluding hydrogens is 423 g/mol. The SMILES string of the molecule is CC(=O)NCC1CN(c2ccc(-c3nnc(CCCS(=O)[O-])s3)c(F)c2)C(=O)O1. The van der Waals surface area contributed by atoms with Gasteiger partial charge in [0.2, 0.25) is 5.91 Å². The molecule has 2 amide bonds. The number of nitrogens with one attached hydrogen (secondary N) is 1. The zero-order valence-electron chi connectivity index (χ0n) is 15.4. The third-order valence-electron chi connectivity index (χ3n) is 4.12. The van der Waals surface area contributed by atoms with Crippen LogP contribution >= 0.6 is 11.3 Å². The molecule has 0 aliphatic carbocycles. The van der Waals surface area contributed by atoms with E-state index in [0.29, 0.717) is 28.5 Å². The van der Waals surface area contributed by atoms with Gasteiger partial charge in [-0.1, -0.05) is 22.4 Å². The monoisotopic (exact) mass is 441 g/mol. The molecule has 0 saturated carbocycles. The third kappa shape index (κ3) is 5.55. The van der Waals surface area contributed by atoms with Gasteiger partial charge in [-0.2, -0.15) is 0 Å². The number of carbonyl (C=O) groups excluding carboxylic acids is 2. The van der Waals surface area contributed by atoms with Gasteiger partial charge in [0.15, 0.2) is 5.01 Å². The van der Waals surface area contributed by atoms with Gasteiger partial charge >= 0.3 is 6.09 Å². The molecule has 1 aliphatic heterocycles. The average Bonchev–Trinajstić information content (AvgIpc) is 3.26. The van der Waals surface area contributed by atoms with Gasteiger partial charge in [-0.15, -0.1) is 10.2 Å². The maximum atomic E-state index is 14.7. The number of hydrogen-bond donors (Lipinski definition) is 1. The van der Waals surface area contributed by atoms with Crippen LogP contribution in [0.4, 0.5) is 14.9 Å². The van der Waals surface area contributed by atoms with Gasteiger partial charge in [-0.05, 0) is 24.6 Å². The highest BCUT2D eigenvalue weighted by atomic mass is 32.2. The fraction of sp³-hybridized carbons (Fsp3) is 0.412. The van der Waals surface area contributed by atoms with Gasteiger partial charge < -0.3 is 14.6 Å². The number of hydrogen-bond acceptors (Lipinski definition) is 8. The standard InChI is InChI=1S/C17H19FN4O5S2/c1-10(23)19-8-12-9-22(17(24)27-12)11-4-5-13(14(18)7-11)16-21-20-15(28-16)3-2-6-29(25)26/h4-5,7,12H,2-3,6,8-9H2,1H3,(H,19,23)(H,25,26)/p-1. The molecular formula is C17H18FN4O5S2-. The van der Waals surface area contributed by atoms with Crippen molar-refractivity contribution >= 4 is 40.1 Å². The largest absolute Gasteiger partial charge is 0.772 e. The quantitative estimate of drug-likeness (QED) is 0.617. The third-order valence-corrected chi connectivity index (χ3v) is 5.75. The van der Waals surface area contributed by atoms with E-state index < -0.39 is 29.1 Å². The van der Waals surface area contributed by atoms with Crippen molar-refractivity contribution in [1.29, 1.82) is 0 Å². The highest BCUT2D eigenvalue weighted by Crippen LogP contribution is 2.31.